The Bertz CT molecular complexity index is 905. The first-order valence-corrected chi connectivity index (χ1v) is 10.7. The molecule has 2 aromatic rings. The van der Waals surface area contributed by atoms with E-state index in [1.807, 2.05) is 55.5 Å². The van der Waals surface area contributed by atoms with Crippen molar-refractivity contribution in [2.45, 2.75) is 19.4 Å². The van der Waals surface area contributed by atoms with E-state index in [9.17, 15) is 4.79 Å². The van der Waals surface area contributed by atoms with Crippen LogP contribution in [0, 0.1) is 0 Å². The van der Waals surface area contributed by atoms with Gasteiger partial charge < -0.3 is 14.2 Å². The minimum atomic E-state index is -0.138. The Balaban J connectivity index is 1.57. The van der Waals surface area contributed by atoms with E-state index in [0.717, 1.165) is 41.4 Å². The smallest absolute Gasteiger partial charge is 0.257 e. The fraction of sp³-hybridized carbons (Fsp3) is 0.417. The van der Waals surface area contributed by atoms with E-state index in [1.54, 1.807) is 12.1 Å². The molecule has 0 radical (unpaired) electrons. The molecule has 0 aliphatic carbocycles. The predicted octanol–water partition coefficient (Wildman–Crippen LogP) is 3.10. The fourth-order valence-corrected chi connectivity index (χ4v) is 3.93. The molecule has 0 saturated carbocycles. The Morgan fingerprint density at radius 3 is 2.39 bits per heavy atom. The number of methoxy groups -OCH3 is 1. The topological polar surface area (TPSA) is 63.6 Å². The van der Waals surface area contributed by atoms with E-state index < -0.39 is 0 Å². The van der Waals surface area contributed by atoms with Crippen LogP contribution in [0.4, 0.5) is 0 Å². The molecule has 0 bridgehead atoms. The van der Waals surface area contributed by atoms with Crippen LogP contribution in [-0.2, 0) is 9.53 Å². The average molecular weight is 424 g/mol. The minimum absolute atomic E-state index is 0.00398. The van der Waals surface area contributed by atoms with Crippen LogP contribution in [-0.4, -0.2) is 68.1 Å². The number of ether oxygens (including phenoxy) is 3. The lowest BCUT2D eigenvalue weighted by molar-refractivity contribution is -0.135. The standard InChI is InChI=1S/C24H29N3O4/c1-3-31-21-10-6-19(7-11-21)23-16-22(18-4-8-20(29-2)9-5-18)25-27(23)24(28)17-26-12-14-30-15-13-26/h4-11,23H,3,12-17H2,1-2H3/t23-/m1/s1. The van der Waals surface area contributed by atoms with Crippen LogP contribution in [0.3, 0.4) is 0 Å². The quantitative estimate of drug-likeness (QED) is 0.685. The van der Waals surface area contributed by atoms with Crippen molar-refractivity contribution in [1.82, 2.24) is 9.91 Å². The summed E-state index contributed by atoms with van der Waals surface area (Å²) in [7, 11) is 1.65. The molecule has 164 valence electrons. The van der Waals surface area contributed by atoms with Crippen molar-refractivity contribution in [2.75, 3.05) is 46.6 Å². The Labute approximate surface area is 183 Å². The number of morpholine rings is 1. The summed E-state index contributed by atoms with van der Waals surface area (Å²) in [4.78, 5) is 15.4. The molecule has 4 rings (SSSR count). The minimum Gasteiger partial charge on any atom is -0.497 e. The number of hydrogen-bond acceptors (Lipinski definition) is 6. The fourth-order valence-electron chi connectivity index (χ4n) is 3.93. The maximum Gasteiger partial charge on any atom is 0.257 e. The van der Waals surface area contributed by atoms with Crippen LogP contribution in [0.1, 0.15) is 30.5 Å². The van der Waals surface area contributed by atoms with Crippen LogP contribution in [0.25, 0.3) is 0 Å². The van der Waals surface area contributed by atoms with Crippen molar-refractivity contribution in [3.05, 3.63) is 59.7 Å². The molecule has 0 unspecified atom stereocenters. The van der Waals surface area contributed by atoms with Gasteiger partial charge in [0.1, 0.15) is 11.5 Å². The van der Waals surface area contributed by atoms with Crippen molar-refractivity contribution in [2.24, 2.45) is 5.10 Å². The summed E-state index contributed by atoms with van der Waals surface area (Å²) in [6.45, 7) is 5.79. The Morgan fingerprint density at radius 1 is 1.06 bits per heavy atom. The van der Waals surface area contributed by atoms with Crippen LogP contribution in [0.15, 0.2) is 53.6 Å². The zero-order valence-corrected chi connectivity index (χ0v) is 18.1. The molecule has 1 atom stereocenters. The molecule has 2 aliphatic rings. The van der Waals surface area contributed by atoms with E-state index in [4.69, 9.17) is 19.3 Å². The molecular weight excluding hydrogens is 394 g/mol. The molecule has 0 N–H and O–H groups in total. The number of rotatable bonds is 7. The predicted molar refractivity (Wildman–Crippen MR) is 119 cm³/mol. The number of carbonyl (C=O) groups excluding carboxylic acids is 1. The number of amides is 1. The highest BCUT2D eigenvalue weighted by atomic mass is 16.5. The molecule has 1 amide bonds. The highest BCUT2D eigenvalue weighted by Crippen LogP contribution is 2.34. The lowest BCUT2D eigenvalue weighted by Crippen LogP contribution is -2.43. The van der Waals surface area contributed by atoms with Gasteiger partial charge in [0, 0.05) is 19.5 Å². The van der Waals surface area contributed by atoms with Crippen molar-refractivity contribution >= 4 is 11.6 Å². The molecule has 2 heterocycles. The summed E-state index contributed by atoms with van der Waals surface area (Å²) in [6.07, 6.45) is 0.662. The van der Waals surface area contributed by atoms with E-state index in [1.165, 1.54) is 0 Å². The van der Waals surface area contributed by atoms with Crippen molar-refractivity contribution < 1.29 is 19.0 Å². The van der Waals surface area contributed by atoms with Gasteiger partial charge in [0.05, 0.1) is 45.2 Å². The number of hydrazone groups is 1. The van der Waals surface area contributed by atoms with Gasteiger partial charge in [-0.1, -0.05) is 12.1 Å². The third kappa shape index (κ3) is 5.06. The molecule has 7 heteroatoms. The maximum atomic E-state index is 13.2. The van der Waals surface area contributed by atoms with E-state index in [0.29, 0.717) is 32.8 Å². The SMILES string of the molecule is CCOc1ccc([C@H]2CC(c3ccc(OC)cc3)=NN2C(=O)CN2CCOCC2)cc1. The van der Waals surface area contributed by atoms with Crippen LogP contribution >= 0.6 is 0 Å². The first-order chi connectivity index (χ1) is 15.2. The second kappa shape index (κ2) is 9.94. The summed E-state index contributed by atoms with van der Waals surface area (Å²) in [5.41, 5.74) is 2.95. The van der Waals surface area contributed by atoms with Gasteiger partial charge in [-0.3, -0.25) is 9.69 Å². The highest BCUT2D eigenvalue weighted by molar-refractivity contribution is 6.03. The number of nitrogens with zero attached hydrogens (tertiary/aromatic N) is 3. The van der Waals surface area contributed by atoms with Crippen LogP contribution in [0.2, 0.25) is 0 Å². The van der Waals surface area contributed by atoms with Gasteiger partial charge in [0.25, 0.3) is 5.91 Å². The van der Waals surface area contributed by atoms with E-state index in [-0.39, 0.29) is 11.9 Å². The Morgan fingerprint density at radius 2 is 1.74 bits per heavy atom. The summed E-state index contributed by atoms with van der Waals surface area (Å²) in [5, 5.41) is 6.42. The van der Waals surface area contributed by atoms with Gasteiger partial charge in [-0.2, -0.15) is 5.10 Å². The molecule has 2 aromatic carbocycles. The van der Waals surface area contributed by atoms with Gasteiger partial charge in [0.15, 0.2) is 0 Å². The van der Waals surface area contributed by atoms with Gasteiger partial charge in [-0.05, 0) is 54.4 Å². The molecule has 1 fully saturated rings. The van der Waals surface area contributed by atoms with Crippen molar-refractivity contribution in [3.8, 4) is 11.5 Å². The van der Waals surface area contributed by atoms with Crippen LogP contribution in [0.5, 0.6) is 11.5 Å². The summed E-state index contributed by atoms with van der Waals surface area (Å²) in [6, 6.07) is 15.6. The number of hydrogen-bond donors (Lipinski definition) is 0. The van der Waals surface area contributed by atoms with Gasteiger partial charge in [-0.15, -0.1) is 0 Å². The van der Waals surface area contributed by atoms with Gasteiger partial charge >= 0.3 is 0 Å². The summed E-state index contributed by atoms with van der Waals surface area (Å²) < 4.78 is 16.2. The van der Waals surface area contributed by atoms with Crippen molar-refractivity contribution in [3.63, 3.8) is 0 Å². The van der Waals surface area contributed by atoms with Gasteiger partial charge in [0.2, 0.25) is 0 Å². The Hall–Kier alpha value is -2.90. The molecule has 31 heavy (non-hydrogen) atoms. The molecule has 1 saturated heterocycles. The zero-order chi connectivity index (χ0) is 21.6. The lowest BCUT2D eigenvalue weighted by atomic mass is 9.98. The monoisotopic (exact) mass is 423 g/mol. The molecule has 0 aromatic heterocycles. The van der Waals surface area contributed by atoms with Crippen LogP contribution < -0.4 is 9.47 Å². The molecule has 7 nitrogen and oxygen atoms in total. The maximum absolute atomic E-state index is 13.2. The first-order valence-electron chi connectivity index (χ1n) is 10.7. The normalized spacial score (nSPS) is 19.2. The molecular formula is C24H29N3O4. The summed E-state index contributed by atoms with van der Waals surface area (Å²) in [5.74, 6) is 1.63. The Kier molecular flexibility index (Phi) is 6.84. The molecule has 2 aliphatic heterocycles. The average Bonchev–Trinajstić information content (AvgIpc) is 3.26. The van der Waals surface area contributed by atoms with Crippen molar-refractivity contribution in [1.29, 1.82) is 0 Å². The molecule has 0 spiro atoms. The zero-order valence-electron chi connectivity index (χ0n) is 18.1. The second-order valence-corrected chi connectivity index (χ2v) is 7.62. The second-order valence-electron chi connectivity index (χ2n) is 7.62. The van der Waals surface area contributed by atoms with E-state index >= 15 is 0 Å². The van der Waals surface area contributed by atoms with Gasteiger partial charge in [-0.25, -0.2) is 5.01 Å². The van der Waals surface area contributed by atoms with E-state index in [2.05, 4.69) is 4.90 Å². The third-order valence-electron chi connectivity index (χ3n) is 5.63. The lowest BCUT2D eigenvalue weighted by Gasteiger charge is -2.29. The third-order valence-corrected chi connectivity index (χ3v) is 5.63. The number of benzene rings is 2. The highest BCUT2D eigenvalue weighted by Gasteiger charge is 2.34. The summed E-state index contributed by atoms with van der Waals surface area (Å²) >= 11 is 0. The number of carbonyl (C=O) groups is 1. The first kappa shape index (κ1) is 21.3. The largest absolute Gasteiger partial charge is 0.497 e.